The lowest BCUT2D eigenvalue weighted by atomic mass is 9.99. The van der Waals surface area contributed by atoms with Gasteiger partial charge < -0.3 is 0 Å². The molecule has 1 heterocycles. The number of nitrogens with two attached hydrogens (primary N) is 1. The van der Waals surface area contributed by atoms with Crippen molar-refractivity contribution in [1.82, 2.24) is 15.2 Å². The van der Waals surface area contributed by atoms with Gasteiger partial charge in [0, 0.05) is 25.7 Å². The van der Waals surface area contributed by atoms with E-state index in [0.29, 0.717) is 0 Å². The normalized spacial score (nSPS) is 12.6. The first kappa shape index (κ1) is 12.8. The number of nitrogens with zero attached hydrogens (tertiary/aromatic N) is 2. The van der Waals surface area contributed by atoms with Crippen LogP contribution in [0.4, 0.5) is 0 Å². The second-order valence-corrected chi connectivity index (χ2v) is 4.68. The zero-order valence-electron chi connectivity index (χ0n) is 10.9. The first-order valence-electron chi connectivity index (χ1n) is 6.18. The van der Waals surface area contributed by atoms with E-state index in [1.165, 1.54) is 11.1 Å². The Kier molecular flexibility index (Phi) is 4.12. The predicted octanol–water partition coefficient (Wildman–Crippen LogP) is 1.35. The molecule has 0 fully saturated rings. The topological polar surface area (TPSA) is 55.9 Å². The van der Waals surface area contributed by atoms with Crippen LogP contribution in [-0.4, -0.2) is 15.8 Å². The quantitative estimate of drug-likeness (QED) is 0.616. The fraction of sp³-hybridized carbons (Fsp3) is 0.357. The third-order valence-corrected chi connectivity index (χ3v) is 3.19. The molecule has 96 valence electrons. The Hall–Kier alpha value is -1.65. The molecular formula is C14H20N4. The molecule has 0 spiro atoms. The van der Waals surface area contributed by atoms with Gasteiger partial charge >= 0.3 is 0 Å². The summed E-state index contributed by atoms with van der Waals surface area (Å²) in [6, 6.07) is 10.6. The molecule has 2 aromatic rings. The lowest BCUT2D eigenvalue weighted by Crippen LogP contribution is -2.38. The van der Waals surface area contributed by atoms with Crippen LogP contribution in [0, 0.1) is 6.92 Å². The number of benzene rings is 1. The molecule has 0 bridgehead atoms. The number of aryl methyl sites for hydroxylation is 2. The zero-order chi connectivity index (χ0) is 13.0. The predicted molar refractivity (Wildman–Crippen MR) is 72.9 cm³/mol. The highest BCUT2D eigenvalue weighted by atomic mass is 15.3. The molecule has 0 radical (unpaired) electrons. The van der Waals surface area contributed by atoms with Gasteiger partial charge in [-0.1, -0.05) is 24.3 Å². The van der Waals surface area contributed by atoms with Gasteiger partial charge in [-0.05, 0) is 30.5 Å². The van der Waals surface area contributed by atoms with E-state index in [1.54, 1.807) is 0 Å². The molecular weight excluding hydrogens is 224 g/mol. The van der Waals surface area contributed by atoms with E-state index in [9.17, 15) is 0 Å². The molecule has 3 N–H and O–H groups in total. The largest absolute Gasteiger partial charge is 0.276 e. The average Bonchev–Trinajstić information content (AvgIpc) is 2.76. The second kappa shape index (κ2) is 5.80. The highest BCUT2D eigenvalue weighted by Crippen LogP contribution is 2.11. The van der Waals surface area contributed by atoms with E-state index in [1.807, 2.05) is 24.0 Å². The molecule has 1 aromatic carbocycles. The van der Waals surface area contributed by atoms with Gasteiger partial charge in [0.25, 0.3) is 0 Å². The summed E-state index contributed by atoms with van der Waals surface area (Å²) in [7, 11) is 1.93. The van der Waals surface area contributed by atoms with Crippen LogP contribution in [0.15, 0.2) is 36.5 Å². The lowest BCUT2D eigenvalue weighted by Gasteiger charge is -2.16. The van der Waals surface area contributed by atoms with Gasteiger partial charge in [0.05, 0.1) is 5.69 Å². The van der Waals surface area contributed by atoms with Crippen molar-refractivity contribution in [2.45, 2.75) is 25.8 Å². The van der Waals surface area contributed by atoms with Crippen LogP contribution < -0.4 is 11.3 Å². The molecule has 1 aromatic heterocycles. The van der Waals surface area contributed by atoms with Gasteiger partial charge in [0.1, 0.15) is 0 Å². The van der Waals surface area contributed by atoms with E-state index < -0.39 is 0 Å². The van der Waals surface area contributed by atoms with Crippen molar-refractivity contribution in [3.05, 3.63) is 53.3 Å². The third kappa shape index (κ3) is 3.18. The average molecular weight is 244 g/mol. The standard InChI is InChI=1S/C14H20N4/c1-11-5-3-4-6-12(11)9-14(16-15)10-13-7-8-18(2)17-13/h3-8,14,16H,9-10,15H2,1-2H3. The molecule has 2 rings (SSSR count). The lowest BCUT2D eigenvalue weighted by molar-refractivity contribution is 0.513. The van der Waals surface area contributed by atoms with Gasteiger partial charge in [0.2, 0.25) is 0 Å². The molecule has 0 aliphatic heterocycles. The molecule has 0 saturated carbocycles. The number of hydrogen-bond donors (Lipinski definition) is 2. The summed E-state index contributed by atoms with van der Waals surface area (Å²) < 4.78 is 1.82. The minimum Gasteiger partial charge on any atom is -0.276 e. The Morgan fingerprint density at radius 3 is 2.67 bits per heavy atom. The van der Waals surface area contributed by atoms with Gasteiger partial charge in [-0.25, -0.2) is 0 Å². The maximum absolute atomic E-state index is 5.64. The monoisotopic (exact) mass is 244 g/mol. The first-order valence-corrected chi connectivity index (χ1v) is 6.18. The van der Waals surface area contributed by atoms with Gasteiger partial charge in [0.15, 0.2) is 0 Å². The number of aromatic nitrogens is 2. The molecule has 0 aliphatic carbocycles. The molecule has 0 aliphatic rings. The summed E-state index contributed by atoms with van der Waals surface area (Å²) in [5.41, 5.74) is 6.58. The molecule has 1 atom stereocenters. The van der Waals surface area contributed by atoms with Crippen molar-refractivity contribution in [2.24, 2.45) is 12.9 Å². The van der Waals surface area contributed by atoms with Crippen molar-refractivity contribution in [1.29, 1.82) is 0 Å². The Morgan fingerprint density at radius 1 is 1.28 bits per heavy atom. The smallest absolute Gasteiger partial charge is 0.0640 e. The van der Waals surface area contributed by atoms with Crippen molar-refractivity contribution in [3.8, 4) is 0 Å². The fourth-order valence-electron chi connectivity index (χ4n) is 2.12. The number of hydrazine groups is 1. The van der Waals surface area contributed by atoms with Crippen LogP contribution in [0.25, 0.3) is 0 Å². The van der Waals surface area contributed by atoms with Gasteiger partial charge in [-0.2, -0.15) is 5.10 Å². The highest BCUT2D eigenvalue weighted by Gasteiger charge is 2.11. The summed E-state index contributed by atoms with van der Waals surface area (Å²) in [6.45, 7) is 2.13. The Morgan fingerprint density at radius 2 is 2.06 bits per heavy atom. The van der Waals surface area contributed by atoms with Crippen molar-refractivity contribution in [2.75, 3.05) is 0 Å². The van der Waals surface area contributed by atoms with E-state index in [-0.39, 0.29) is 6.04 Å². The molecule has 4 nitrogen and oxygen atoms in total. The van der Waals surface area contributed by atoms with Crippen molar-refractivity contribution >= 4 is 0 Å². The van der Waals surface area contributed by atoms with Crippen molar-refractivity contribution in [3.63, 3.8) is 0 Å². The van der Waals surface area contributed by atoms with Crippen LogP contribution in [0.5, 0.6) is 0 Å². The summed E-state index contributed by atoms with van der Waals surface area (Å²) in [4.78, 5) is 0. The maximum Gasteiger partial charge on any atom is 0.0640 e. The Bertz CT molecular complexity index is 504. The maximum atomic E-state index is 5.64. The number of hydrogen-bond acceptors (Lipinski definition) is 3. The van der Waals surface area contributed by atoms with Crippen LogP contribution in [0.1, 0.15) is 16.8 Å². The SMILES string of the molecule is Cc1ccccc1CC(Cc1ccn(C)n1)NN. The number of rotatable bonds is 5. The van der Waals surface area contributed by atoms with Crippen LogP contribution in [0.2, 0.25) is 0 Å². The number of nitrogens with one attached hydrogen (secondary N) is 1. The molecule has 4 heteroatoms. The molecule has 1 unspecified atom stereocenters. The minimum absolute atomic E-state index is 0.209. The van der Waals surface area contributed by atoms with Gasteiger partial charge in [-0.3, -0.25) is 16.0 Å². The van der Waals surface area contributed by atoms with Crippen LogP contribution >= 0.6 is 0 Å². The summed E-state index contributed by atoms with van der Waals surface area (Å²) in [5.74, 6) is 5.64. The second-order valence-electron chi connectivity index (χ2n) is 4.68. The zero-order valence-corrected chi connectivity index (χ0v) is 10.9. The summed E-state index contributed by atoms with van der Waals surface area (Å²) in [6.07, 6.45) is 3.71. The first-order chi connectivity index (χ1) is 8.69. The Labute approximate surface area is 108 Å². The molecule has 0 saturated heterocycles. The highest BCUT2D eigenvalue weighted by molar-refractivity contribution is 5.26. The molecule has 18 heavy (non-hydrogen) atoms. The van der Waals surface area contributed by atoms with Crippen molar-refractivity contribution < 1.29 is 0 Å². The van der Waals surface area contributed by atoms with Crippen LogP contribution in [0.3, 0.4) is 0 Å². The van der Waals surface area contributed by atoms with Crippen LogP contribution in [-0.2, 0) is 19.9 Å². The molecule has 0 amide bonds. The van der Waals surface area contributed by atoms with E-state index in [4.69, 9.17) is 5.84 Å². The summed E-state index contributed by atoms with van der Waals surface area (Å²) in [5, 5.41) is 4.38. The fourth-order valence-corrected chi connectivity index (χ4v) is 2.12. The Balaban J connectivity index is 2.04. The van der Waals surface area contributed by atoms with E-state index >= 15 is 0 Å². The van der Waals surface area contributed by atoms with E-state index in [0.717, 1.165) is 18.5 Å². The minimum atomic E-state index is 0.209. The third-order valence-electron chi connectivity index (χ3n) is 3.19. The summed E-state index contributed by atoms with van der Waals surface area (Å²) >= 11 is 0. The van der Waals surface area contributed by atoms with E-state index in [2.05, 4.69) is 41.7 Å². The van der Waals surface area contributed by atoms with Gasteiger partial charge in [-0.15, -0.1) is 0 Å².